The van der Waals surface area contributed by atoms with Gasteiger partial charge in [-0.1, -0.05) is 35.9 Å². The third-order valence-corrected chi connectivity index (χ3v) is 9.64. The quantitative estimate of drug-likeness (QED) is 0.206. The summed E-state index contributed by atoms with van der Waals surface area (Å²) >= 11 is 6.56. The van der Waals surface area contributed by atoms with Crippen LogP contribution in [0.3, 0.4) is 0 Å². The van der Waals surface area contributed by atoms with Crippen molar-refractivity contribution in [3.8, 4) is 17.0 Å². The zero-order valence-electron chi connectivity index (χ0n) is 26.9. The van der Waals surface area contributed by atoms with Crippen LogP contribution in [-0.2, 0) is 27.1 Å². The summed E-state index contributed by atoms with van der Waals surface area (Å²) in [6, 6.07) is 25.4. The Bertz CT molecular complexity index is 2200. The van der Waals surface area contributed by atoms with E-state index in [0.717, 1.165) is 16.6 Å². The first-order valence-electron chi connectivity index (χ1n) is 15.7. The number of phenols is 1. The number of nitrogens with zero attached hydrogens (tertiary/aromatic N) is 5. The van der Waals surface area contributed by atoms with Gasteiger partial charge < -0.3 is 24.9 Å². The lowest BCUT2D eigenvalue weighted by atomic mass is 9.92. The van der Waals surface area contributed by atoms with Crippen LogP contribution in [0, 0.1) is 6.92 Å². The topological polar surface area (TPSA) is 110 Å². The number of anilines is 2. The first kappa shape index (κ1) is 31.2. The van der Waals surface area contributed by atoms with Crippen molar-refractivity contribution < 1.29 is 14.7 Å². The second-order valence-electron chi connectivity index (χ2n) is 12.3. The largest absolute Gasteiger partial charge is 0.508 e. The average Bonchev–Trinajstić information content (AvgIpc) is 3.62. The van der Waals surface area contributed by atoms with Crippen molar-refractivity contribution in [1.82, 2.24) is 19.0 Å². The average molecular weight is 659 g/mol. The van der Waals surface area contributed by atoms with E-state index in [2.05, 4.69) is 17.1 Å². The van der Waals surface area contributed by atoms with Crippen LogP contribution < -0.4 is 10.6 Å². The van der Waals surface area contributed by atoms with E-state index in [1.54, 1.807) is 53.6 Å². The zero-order valence-corrected chi connectivity index (χ0v) is 27.6. The Kier molecular flexibility index (Phi) is 8.02. The molecule has 0 radical (unpaired) electrons. The highest BCUT2D eigenvalue weighted by atomic mass is 35.5. The van der Waals surface area contributed by atoms with Crippen LogP contribution in [0.25, 0.3) is 22.3 Å². The molecule has 1 aliphatic rings. The summed E-state index contributed by atoms with van der Waals surface area (Å²) in [4.78, 5) is 37.0. The van der Waals surface area contributed by atoms with E-state index in [0.29, 0.717) is 64.0 Å². The van der Waals surface area contributed by atoms with Gasteiger partial charge in [0.2, 0.25) is 0 Å². The normalized spacial score (nSPS) is 14.3. The first-order valence-corrected chi connectivity index (χ1v) is 16.1. The van der Waals surface area contributed by atoms with Crippen LogP contribution in [-0.4, -0.2) is 48.5 Å². The summed E-state index contributed by atoms with van der Waals surface area (Å²) in [5.41, 5.74) is 13.4. The number of benzene rings is 3. The molecule has 0 bridgehead atoms. The van der Waals surface area contributed by atoms with Gasteiger partial charge in [0.1, 0.15) is 11.4 Å². The smallest absolute Gasteiger partial charge is 0.264 e. The van der Waals surface area contributed by atoms with Gasteiger partial charge in [-0.25, -0.2) is 4.98 Å². The predicted octanol–water partition coefficient (Wildman–Crippen LogP) is 6.75. The van der Waals surface area contributed by atoms with E-state index in [1.807, 2.05) is 71.6 Å². The predicted molar refractivity (Wildman–Crippen MR) is 189 cm³/mol. The molecule has 242 valence electrons. The number of amides is 2. The van der Waals surface area contributed by atoms with Gasteiger partial charge in [0.05, 0.1) is 17.4 Å². The van der Waals surface area contributed by atoms with E-state index in [-0.39, 0.29) is 23.6 Å². The van der Waals surface area contributed by atoms with Crippen molar-refractivity contribution in [2.24, 2.45) is 19.8 Å². The minimum atomic E-state index is -0.289. The van der Waals surface area contributed by atoms with E-state index < -0.39 is 0 Å². The lowest BCUT2D eigenvalue weighted by Crippen LogP contribution is -2.48. The fourth-order valence-electron chi connectivity index (χ4n) is 6.65. The Hall–Kier alpha value is -5.38. The minimum Gasteiger partial charge on any atom is -0.508 e. The first-order chi connectivity index (χ1) is 23.1. The van der Waals surface area contributed by atoms with E-state index >= 15 is 0 Å². The summed E-state index contributed by atoms with van der Waals surface area (Å²) in [7, 11) is 3.79. The molecular formula is C38H35ClN6O3. The number of aromatic hydroxyl groups is 1. The number of fused-ring (bicyclic) bond motifs is 2. The molecular weight excluding hydrogens is 624 g/mol. The molecule has 3 N–H and O–H groups in total. The number of pyridine rings is 1. The third-order valence-electron chi connectivity index (χ3n) is 9.40. The lowest BCUT2D eigenvalue weighted by molar-refractivity contribution is 0.0648. The SMILES string of the molecule is Cc1c(C(=O)N(c2ccc(O)cc2)c2cnc3c(ccn3C)c2)cc(-c2cc(Cl)ccc2C(=O)N2Cc3ccccc3C[C@H]2CN)n1C. The molecule has 0 fully saturated rings. The monoisotopic (exact) mass is 658 g/mol. The number of carbonyl (C=O) groups excluding carboxylic acids is 2. The van der Waals surface area contributed by atoms with E-state index in [4.69, 9.17) is 17.3 Å². The second kappa shape index (κ2) is 12.3. The number of nitrogens with two attached hydrogens (primary N) is 1. The van der Waals surface area contributed by atoms with Gasteiger partial charge in [-0.2, -0.15) is 0 Å². The van der Waals surface area contributed by atoms with Crippen LogP contribution >= 0.6 is 11.6 Å². The molecule has 7 rings (SSSR count). The number of aryl methyl sites for hydroxylation is 1. The number of aromatic nitrogens is 3. The third kappa shape index (κ3) is 5.40. The van der Waals surface area contributed by atoms with Gasteiger partial charge >= 0.3 is 0 Å². The zero-order chi connectivity index (χ0) is 33.7. The van der Waals surface area contributed by atoms with Gasteiger partial charge in [-0.15, -0.1) is 0 Å². The lowest BCUT2D eigenvalue weighted by Gasteiger charge is -2.36. The summed E-state index contributed by atoms with van der Waals surface area (Å²) in [5, 5.41) is 11.4. The molecule has 1 aliphatic heterocycles. The Balaban J connectivity index is 1.31. The molecule has 1 atom stereocenters. The summed E-state index contributed by atoms with van der Waals surface area (Å²) < 4.78 is 3.83. The molecule has 0 spiro atoms. The highest BCUT2D eigenvalue weighted by molar-refractivity contribution is 6.31. The maximum Gasteiger partial charge on any atom is 0.264 e. The van der Waals surface area contributed by atoms with Crippen LogP contribution in [0.15, 0.2) is 97.3 Å². The molecule has 4 heterocycles. The number of carbonyl (C=O) groups is 2. The maximum atomic E-state index is 14.6. The van der Waals surface area contributed by atoms with Gasteiger partial charge in [0.15, 0.2) is 0 Å². The van der Waals surface area contributed by atoms with E-state index in [1.165, 1.54) is 5.56 Å². The molecule has 0 saturated heterocycles. The van der Waals surface area contributed by atoms with Gasteiger partial charge in [-0.3, -0.25) is 14.5 Å². The number of hydrogen-bond acceptors (Lipinski definition) is 5. The Morgan fingerprint density at radius 1 is 0.958 bits per heavy atom. The Morgan fingerprint density at radius 2 is 1.71 bits per heavy atom. The summed E-state index contributed by atoms with van der Waals surface area (Å²) in [6.07, 6.45) is 4.27. The number of phenolic OH excluding ortho intramolecular Hbond substituents is 1. The van der Waals surface area contributed by atoms with Crippen molar-refractivity contribution in [3.63, 3.8) is 0 Å². The van der Waals surface area contributed by atoms with Crippen molar-refractivity contribution in [1.29, 1.82) is 0 Å². The van der Waals surface area contributed by atoms with Crippen molar-refractivity contribution in [2.45, 2.75) is 25.9 Å². The number of rotatable bonds is 6. The van der Waals surface area contributed by atoms with Crippen LogP contribution in [0.5, 0.6) is 5.75 Å². The van der Waals surface area contributed by atoms with Crippen LogP contribution in [0.2, 0.25) is 5.02 Å². The van der Waals surface area contributed by atoms with Crippen molar-refractivity contribution in [3.05, 3.63) is 130 Å². The minimum absolute atomic E-state index is 0.0909. The number of hydrogen-bond donors (Lipinski definition) is 2. The standard InChI is InChI=1S/C38H35ClN6O3/c1-23-33(38(48)45(28-9-11-31(46)12-10-28)30-17-25-14-15-42(2)36(25)41-21-30)19-35(43(23)3)34-18-27(39)8-13-32(34)37(47)44-22-26-7-5-4-6-24(26)16-29(44)20-40/h4-15,17-19,21,29,46H,16,20,22,40H2,1-3H3/t29-/m0/s1. The molecule has 0 aliphatic carbocycles. The molecule has 3 aromatic carbocycles. The number of halogens is 1. The molecule has 0 unspecified atom stereocenters. The highest BCUT2D eigenvalue weighted by Gasteiger charge is 2.32. The van der Waals surface area contributed by atoms with Crippen LogP contribution in [0.4, 0.5) is 11.4 Å². The van der Waals surface area contributed by atoms with Gasteiger partial charge in [0.25, 0.3) is 11.8 Å². The fourth-order valence-corrected chi connectivity index (χ4v) is 6.82. The molecule has 0 saturated carbocycles. The van der Waals surface area contributed by atoms with E-state index in [9.17, 15) is 14.7 Å². The van der Waals surface area contributed by atoms with Crippen molar-refractivity contribution in [2.75, 3.05) is 11.4 Å². The van der Waals surface area contributed by atoms with Crippen LogP contribution in [0.1, 0.15) is 37.5 Å². The summed E-state index contributed by atoms with van der Waals surface area (Å²) in [5.74, 6) is -0.345. The molecule has 9 nitrogen and oxygen atoms in total. The van der Waals surface area contributed by atoms with Crippen molar-refractivity contribution >= 4 is 45.8 Å². The molecule has 2 amide bonds. The molecule has 6 aromatic rings. The molecule has 10 heteroatoms. The highest BCUT2D eigenvalue weighted by Crippen LogP contribution is 2.36. The maximum absolute atomic E-state index is 14.6. The van der Waals surface area contributed by atoms with Gasteiger partial charge in [0, 0.05) is 78.0 Å². The Labute approximate surface area is 283 Å². The molecule has 48 heavy (non-hydrogen) atoms. The Morgan fingerprint density at radius 3 is 2.46 bits per heavy atom. The molecule has 3 aromatic heterocycles. The second-order valence-corrected chi connectivity index (χ2v) is 12.7. The summed E-state index contributed by atoms with van der Waals surface area (Å²) in [6.45, 7) is 2.67. The van der Waals surface area contributed by atoms with Gasteiger partial charge in [-0.05, 0) is 85.1 Å². The fraction of sp³-hybridized carbons (Fsp3) is 0.184.